The van der Waals surface area contributed by atoms with Gasteiger partial charge in [-0.2, -0.15) is 0 Å². The van der Waals surface area contributed by atoms with Crippen LogP contribution in [0.5, 0.6) is 5.88 Å². The monoisotopic (exact) mass is 474 g/mol. The van der Waals surface area contributed by atoms with Gasteiger partial charge in [-0.1, -0.05) is 6.07 Å². The molecule has 184 valence electrons. The molecule has 0 aliphatic carbocycles. The molecule has 2 aromatic carbocycles. The average molecular weight is 475 g/mol. The molecule has 0 saturated carbocycles. The van der Waals surface area contributed by atoms with Gasteiger partial charge in [0, 0.05) is 55.6 Å². The second-order valence-electron chi connectivity index (χ2n) is 9.75. The van der Waals surface area contributed by atoms with Gasteiger partial charge >= 0.3 is 0 Å². The highest BCUT2D eigenvalue weighted by atomic mass is 16.5. The zero-order chi connectivity index (χ0) is 24.4. The molecule has 1 atom stereocenters. The lowest BCUT2D eigenvalue weighted by molar-refractivity contribution is 0.102. The van der Waals surface area contributed by atoms with Crippen molar-refractivity contribution in [2.24, 2.45) is 0 Å². The molecule has 2 aliphatic rings. The fourth-order valence-electron chi connectivity index (χ4n) is 5.47. The molecule has 2 fully saturated rings. The summed E-state index contributed by atoms with van der Waals surface area (Å²) >= 11 is 0. The molecule has 3 heterocycles. The van der Waals surface area contributed by atoms with E-state index in [0.717, 1.165) is 79.9 Å². The van der Waals surface area contributed by atoms with Crippen LogP contribution in [0, 0.1) is 6.92 Å². The van der Waals surface area contributed by atoms with Gasteiger partial charge in [0.15, 0.2) is 0 Å². The number of methoxy groups -OCH3 is 1. The first-order valence-corrected chi connectivity index (χ1v) is 12.5. The normalized spacial score (nSPS) is 18.5. The molecule has 5 rings (SSSR count). The summed E-state index contributed by atoms with van der Waals surface area (Å²) in [5.41, 5.74) is 5.21. The van der Waals surface area contributed by atoms with Crippen molar-refractivity contribution >= 4 is 28.2 Å². The van der Waals surface area contributed by atoms with E-state index in [4.69, 9.17) is 4.74 Å². The number of rotatable bonds is 7. The van der Waals surface area contributed by atoms with Crippen LogP contribution in [0.4, 0.5) is 11.4 Å². The number of aromatic hydroxyl groups is 1. The summed E-state index contributed by atoms with van der Waals surface area (Å²) in [6.45, 7) is 6.51. The number of aromatic nitrogens is 1. The van der Waals surface area contributed by atoms with E-state index in [9.17, 15) is 9.90 Å². The third-order valence-corrected chi connectivity index (χ3v) is 7.26. The molecule has 2 N–H and O–H groups in total. The van der Waals surface area contributed by atoms with Crippen molar-refractivity contribution in [2.45, 2.75) is 45.2 Å². The Morgan fingerprint density at radius 2 is 1.94 bits per heavy atom. The molecule has 35 heavy (non-hydrogen) atoms. The zero-order valence-corrected chi connectivity index (χ0v) is 20.6. The van der Waals surface area contributed by atoms with Crippen molar-refractivity contribution in [2.75, 3.05) is 43.6 Å². The number of anilines is 2. The fraction of sp³-hybridized carbons (Fsp3) is 0.429. The highest BCUT2D eigenvalue weighted by Gasteiger charge is 2.26. The topological polar surface area (TPSA) is 77.9 Å². The maximum absolute atomic E-state index is 13.6. The Kier molecular flexibility index (Phi) is 6.88. The Hall–Kier alpha value is -3.16. The molecule has 0 radical (unpaired) electrons. The van der Waals surface area contributed by atoms with Crippen molar-refractivity contribution in [1.29, 1.82) is 0 Å². The Morgan fingerprint density at radius 3 is 2.74 bits per heavy atom. The number of carbonyl (C=O) groups excluding carboxylic acids is 1. The van der Waals surface area contributed by atoms with Gasteiger partial charge in [-0.25, -0.2) is 4.98 Å². The summed E-state index contributed by atoms with van der Waals surface area (Å²) in [6.07, 6.45) is 4.64. The number of pyridine rings is 1. The van der Waals surface area contributed by atoms with Crippen molar-refractivity contribution in [3.05, 3.63) is 59.2 Å². The lowest BCUT2D eigenvalue weighted by atomic mass is 10.0. The lowest BCUT2D eigenvalue weighted by Gasteiger charge is -2.25. The molecule has 0 spiro atoms. The van der Waals surface area contributed by atoms with E-state index in [1.54, 1.807) is 13.2 Å². The largest absolute Gasteiger partial charge is 0.493 e. The molecule has 0 bridgehead atoms. The quantitative estimate of drug-likeness (QED) is 0.516. The van der Waals surface area contributed by atoms with Crippen LogP contribution in [0.25, 0.3) is 10.9 Å². The van der Waals surface area contributed by atoms with Gasteiger partial charge in [0.25, 0.3) is 5.91 Å². The summed E-state index contributed by atoms with van der Waals surface area (Å²) in [4.78, 5) is 22.6. The van der Waals surface area contributed by atoms with Crippen molar-refractivity contribution in [3.8, 4) is 5.88 Å². The summed E-state index contributed by atoms with van der Waals surface area (Å²) in [7, 11) is 1.76. The Balaban J connectivity index is 1.42. The van der Waals surface area contributed by atoms with Gasteiger partial charge in [0.05, 0.1) is 17.7 Å². The molecule has 1 amide bonds. The highest BCUT2D eigenvalue weighted by molar-refractivity contribution is 6.09. The minimum absolute atomic E-state index is 0.00426. The number of amides is 1. The number of aryl methyl sites for hydroxylation is 1. The second kappa shape index (κ2) is 10.2. The standard InChI is InChI=1S/C28H34N4O3/c1-19-14-27(33)30-25-9-8-21(16-23(19)25)29-28(34)24-15-20(7-10-26(24)31-11-3-4-12-31)17-32-13-5-6-22(32)18-35-2/h7-10,14-16,22H,3-6,11-13,17-18H2,1-2H3,(H,29,34)(H,30,33)/t22-/m0/s1. The number of likely N-dealkylation sites (tertiary alicyclic amines) is 1. The number of nitrogens with one attached hydrogen (secondary N) is 1. The second-order valence-corrected chi connectivity index (χ2v) is 9.75. The Bertz CT molecular complexity index is 1220. The number of fused-ring (bicyclic) bond motifs is 1. The molecule has 2 aliphatic heterocycles. The number of hydrogen-bond donors (Lipinski definition) is 2. The van der Waals surface area contributed by atoms with E-state index >= 15 is 0 Å². The van der Waals surface area contributed by atoms with Gasteiger partial charge in [0.1, 0.15) is 0 Å². The first-order chi connectivity index (χ1) is 17.0. The van der Waals surface area contributed by atoms with Crippen LogP contribution >= 0.6 is 0 Å². The van der Waals surface area contributed by atoms with E-state index in [0.29, 0.717) is 17.1 Å². The molecular weight excluding hydrogens is 440 g/mol. The Labute approximate surface area is 206 Å². The SMILES string of the molecule is COC[C@@H]1CCCN1Cc1ccc(N2CCCC2)c(C(=O)Nc2ccc3nc(O)cc(C)c3c2)c1. The van der Waals surface area contributed by atoms with E-state index in [2.05, 4.69) is 38.3 Å². The minimum Gasteiger partial charge on any atom is -0.493 e. The zero-order valence-electron chi connectivity index (χ0n) is 20.6. The van der Waals surface area contributed by atoms with Gasteiger partial charge < -0.3 is 20.1 Å². The minimum atomic E-state index is -0.104. The van der Waals surface area contributed by atoms with Crippen LogP contribution < -0.4 is 10.2 Å². The van der Waals surface area contributed by atoms with Crippen LogP contribution in [0.15, 0.2) is 42.5 Å². The van der Waals surface area contributed by atoms with E-state index in [1.807, 2.05) is 25.1 Å². The molecule has 0 unspecified atom stereocenters. The molecule has 1 aromatic heterocycles. The van der Waals surface area contributed by atoms with Crippen LogP contribution in [0.1, 0.15) is 47.2 Å². The van der Waals surface area contributed by atoms with Gasteiger partial charge in [-0.05, 0) is 80.6 Å². The predicted molar refractivity (Wildman–Crippen MR) is 139 cm³/mol. The summed E-state index contributed by atoms with van der Waals surface area (Å²) in [5, 5.41) is 13.8. The molecule has 7 nitrogen and oxygen atoms in total. The number of benzene rings is 2. The number of nitrogens with zero attached hydrogens (tertiary/aromatic N) is 3. The third-order valence-electron chi connectivity index (χ3n) is 7.26. The molecule has 7 heteroatoms. The average Bonchev–Trinajstić information content (AvgIpc) is 3.52. The molecule has 3 aromatic rings. The number of carbonyl (C=O) groups is 1. The first-order valence-electron chi connectivity index (χ1n) is 12.5. The lowest BCUT2D eigenvalue weighted by Crippen LogP contribution is -2.32. The van der Waals surface area contributed by atoms with E-state index < -0.39 is 0 Å². The first kappa shape index (κ1) is 23.6. The highest BCUT2D eigenvalue weighted by Crippen LogP contribution is 2.30. The van der Waals surface area contributed by atoms with Crippen molar-refractivity contribution in [1.82, 2.24) is 9.88 Å². The van der Waals surface area contributed by atoms with Crippen LogP contribution in [0.3, 0.4) is 0 Å². The maximum atomic E-state index is 13.6. The van der Waals surface area contributed by atoms with Crippen molar-refractivity contribution < 1.29 is 14.6 Å². The van der Waals surface area contributed by atoms with Crippen LogP contribution in [-0.4, -0.2) is 60.3 Å². The van der Waals surface area contributed by atoms with Gasteiger partial charge in [-0.3, -0.25) is 9.69 Å². The number of ether oxygens (including phenoxy) is 1. The summed E-state index contributed by atoms with van der Waals surface area (Å²) in [6, 6.07) is 14.0. The third kappa shape index (κ3) is 5.11. The summed E-state index contributed by atoms with van der Waals surface area (Å²) in [5.74, 6) is -0.100. The molecule has 2 saturated heterocycles. The van der Waals surface area contributed by atoms with E-state index in [1.165, 1.54) is 6.42 Å². The number of hydrogen-bond acceptors (Lipinski definition) is 6. The fourth-order valence-corrected chi connectivity index (χ4v) is 5.47. The smallest absolute Gasteiger partial charge is 0.257 e. The van der Waals surface area contributed by atoms with Crippen molar-refractivity contribution in [3.63, 3.8) is 0 Å². The Morgan fingerprint density at radius 1 is 1.11 bits per heavy atom. The van der Waals surface area contributed by atoms with E-state index in [-0.39, 0.29) is 11.8 Å². The molecular formula is C28H34N4O3. The summed E-state index contributed by atoms with van der Waals surface area (Å²) < 4.78 is 5.42. The maximum Gasteiger partial charge on any atom is 0.257 e. The van der Waals surface area contributed by atoms with Gasteiger partial charge in [-0.15, -0.1) is 0 Å². The predicted octanol–water partition coefficient (Wildman–Crippen LogP) is 4.71. The van der Waals surface area contributed by atoms with Crippen LogP contribution in [-0.2, 0) is 11.3 Å². The van der Waals surface area contributed by atoms with Gasteiger partial charge in [0.2, 0.25) is 5.88 Å². The van der Waals surface area contributed by atoms with Crippen LogP contribution in [0.2, 0.25) is 0 Å².